The second-order valence-corrected chi connectivity index (χ2v) is 13.9. The maximum Gasteiger partial charge on any atom is 0.494 e. The first-order valence-electron chi connectivity index (χ1n) is 12.5. The van der Waals surface area contributed by atoms with Gasteiger partial charge in [0.15, 0.2) is 11.7 Å². The maximum absolute atomic E-state index is 11.7. The second-order valence-electron chi connectivity index (χ2n) is 12.8. The summed E-state index contributed by atoms with van der Waals surface area (Å²) in [7, 11) is -0.0682. The van der Waals surface area contributed by atoms with E-state index in [1.165, 1.54) is 0 Å². The van der Waals surface area contributed by atoms with Crippen molar-refractivity contribution in [3.63, 3.8) is 0 Å². The first kappa shape index (κ1) is 30.1. The van der Waals surface area contributed by atoms with Gasteiger partial charge in [0.05, 0.1) is 16.8 Å². The fraction of sp³-hybridized carbons (Fsp3) is 0.704. The van der Waals surface area contributed by atoms with Gasteiger partial charge in [-0.1, -0.05) is 30.7 Å². The van der Waals surface area contributed by atoms with Gasteiger partial charge in [0, 0.05) is 10.7 Å². The third-order valence-electron chi connectivity index (χ3n) is 7.31. The number of rotatable bonds is 9. The molecule has 0 amide bonds. The number of hydrogen-bond donors (Lipinski definition) is 1. The summed E-state index contributed by atoms with van der Waals surface area (Å²) in [6, 6.07) is 6.21. The number of hydrogen-bond acceptors (Lipinski definition) is 6. The van der Waals surface area contributed by atoms with Crippen LogP contribution < -0.4 is 10.9 Å². The predicted molar refractivity (Wildman–Crippen MR) is 150 cm³/mol. The highest BCUT2D eigenvalue weighted by Gasteiger charge is 2.51. The molecule has 35 heavy (non-hydrogen) atoms. The fourth-order valence-electron chi connectivity index (χ4n) is 3.51. The van der Waals surface area contributed by atoms with Crippen LogP contribution in [0.3, 0.4) is 0 Å². The molecular formula is C27H44B2O5S. The third-order valence-corrected chi connectivity index (χ3v) is 7.85. The van der Waals surface area contributed by atoms with Crippen LogP contribution >= 0.6 is 12.6 Å². The molecule has 5 nitrogen and oxygen atoms in total. The van der Waals surface area contributed by atoms with Crippen molar-refractivity contribution in [1.29, 1.82) is 0 Å². The molecule has 194 valence electrons. The highest BCUT2D eigenvalue weighted by Crippen LogP contribution is 2.36. The zero-order valence-electron chi connectivity index (χ0n) is 23.8. The molecule has 0 aliphatic carbocycles. The van der Waals surface area contributed by atoms with E-state index in [9.17, 15) is 4.79 Å². The van der Waals surface area contributed by atoms with Crippen LogP contribution in [-0.4, -0.2) is 47.7 Å². The Labute approximate surface area is 219 Å². The molecule has 1 aromatic carbocycles. The lowest BCUT2D eigenvalue weighted by Crippen LogP contribution is -2.47. The largest absolute Gasteiger partial charge is 0.494 e. The molecule has 1 aliphatic rings. The van der Waals surface area contributed by atoms with Crippen LogP contribution in [0.1, 0.15) is 88.6 Å². The molecule has 0 aromatic heterocycles. The van der Waals surface area contributed by atoms with Gasteiger partial charge in [0.1, 0.15) is 5.60 Å². The Balaban J connectivity index is 2.39. The SMILES string of the molecule is CC(Cc1ccc(B2OC(C)(C)C(C)(C)O2)cc1BOC(C)(C)C(C)(C)S)C(=C=O)OC(C)(C)C. The summed E-state index contributed by atoms with van der Waals surface area (Å²) in [6.45, 7) is 24.1. The van der Waals surface area contributed by atoms with Crippen molar-refractivity contribution in [2.24, 2.45) is 5.92 Å². The van der Waals surface area contributed by atoms with Gasteiger partial charge in [-0.3, -0.25) is 0 Å². The summed E-state index contributed by atoms with van der Waals surface area (Å²) in [5, 5.41) is 0. The molecule has 1 aromatic rings. The Kier molecular flexibility index (Phi) is 8.84. The van der Waals surface area contributed by atoms with Crippen LogP contribution in [0.5, 0.6) is 0 Å². The Morgan fingerprint density at radius 3 is 2.09 bits per heavy atom. The standard InChI is InChI=1S/C27H44B2O5S/c1-18(22(17-30)31-23(2,3)4)15-19-13-14-20(29-33-24(5,6)25(7,8)34-29)16-21(19)28-32-26(9,10)27(11,12)35/h13-14,16,18,28,35H,15H2,1-12H3. The lowest BCUT2D eigenvalue weighted by atomic mass is 9.71. The summed E-state index contributed by atoms with van der Waals surface area (Å²) < 4.78 is 24.5. The van der Waals surface area contributed by atoms with Crippen molar-refractivity contribution in [2.75, 3.05) is 0 Å². The van der Waals surface area contributed by atoms with Crippen LogP contribution in [0.25, 0.3) is 0 Å². The topological polar surface area (TPSA) is 54.0 Å². The molecule has 1 fully saturated rings. The van der Waals surface area contributed by atoms with Crippen molar-refractivity contribution in [3.05, 3.63) is 29.5 Å². The normalized spacial score (nSPS) is 18.7. The molecule has 0 spiro atoms. The van der Waals surface area contributed by atoms with Crippen LogP contribution in [0.15, 0.2) is 24.0 Å². The number of thiol groups is 1. The van der Waals surface area contributed by atoms with Crippen LogP contribution in [-0.2, 0) is 29.9 Å². The smallest absolute Gasteiger partial charge is 0.481 e. The molecule has 0 N–H and O–H groups in total. The van der Waals surface area contributed by atoms with Gasteiger partial charge < -0.3 is 18.7 Å². The predicted octanol–water partition coefficient (Wildman–Crippen LogP) is 4.18. The van der Waals surface area contributed by atoms with E-state index < -0.39 is 29.5 Å². The second kappa shape index (κ2) is 10.3. The highest BCUT2D eigenvalue weighted by molar-refractivity contribution is 7.81. The van der Waals surface area contributed by atoms with Crippen LogP contribution in [0.4, 0.5) is 0 Å². The molecule has 0 saturated carbocycles. The van der Waals surface area contributed by atoms with Crippen molar-refractivity contribution in [2.45, 2.75) is 117 Å². The van der Waals surface area contributed by atoms with Gasteiger partial charge in [-0.15, -0.1) is 0 Å². The van der Waals surface area contributed by atoms with Crippen molar-refractivity contribution < 1.29 is 23.5 Å². The Morgan fingerprint density at radius 2 is 1.63 bits per heavy atom. The van der Waals surface area contributed by atoms with Crippen molar-refractivity contribution in [3.8, 4) is 0 Å². The van der Waals surface area contributed by atoms with E-state index in [1.807, 2.05) is 95.1 Å². The van der Waals surface area contributed by atoms with E-state index in [-0.39, 0.29) is 10.7 Å². The van der Waals surface area contributed by atoms with Crippen LogP contribution in [0.2, 0.25) is 0 Å². The molecular weight excluding hydrogens is 458 g/mol. The molecule has 0 radical (unpaired) electrons. The van der Waals surface area contributed by atoms with E-state index in [0.717, 1.165) is 16.5 Å². The number of ether oxygens (including phenoxy) is 1. The van der Waals surface area contributed by atoms with Gasteiger partial charge in [0.25, 0.3) is 0 Å². The van der Waals surface area contributed by atoms with Crippen LogP contribution in [0, 0.1) is 5.92 Å². The van der Waals surface area contributed by atoms with E-state index >= 15 is 0 Å². The first-order chi connectivity index (χ1) is 15.7. The van der Waals surface area contributed by atoms with Gasteiger partial charge in [-0.05, 0) is 93.5 Å². The van der Waals surface area contributed by atoms with E-state index in [4.69, 9.17) is 31.3 Å². The van der Waals surface area contributed by atoms with Gasteiger partial charge >= 0.3 is 14.6 Å². The molecule has 1 atom stereocenters. The van der Waals surface area contributed by atoms with Gasteiger partial charge in [-0.25, -0.2) is 4.79 Å². The van der Waals surface area contributed by atoms with E-state index in [1.54, 1.807) is 0 Å². The average molecular weight is 502 g/mol. The quantitative estimate of drug-likeness (QED) is 0.238. The summed E-state index contributed by atoms with van der Waals surface area (Å²) in [4.78, 5) is 11.7. The fourth-order valence-corrected chi connectivity index (χ4v) is 3.58. The lowest BCUT2D eigenvalue weighted by Gasteiger charge is -2.38. The van der Waals surface area contributed by atoms with Crippen molar-refractivity contribution >= 4 is 44.1 Å². The first-order valence-corrected chi connectivity index (χ1v) is 12.9. The molecule has 1 heterocycles. The van der Waals surface area contributed by atoms with Crippen molar-refractivity contribution in [1.82, 2.24) is 0 Å². The minimum Gasteiger partial charge on any atom is -0.481 e. The third kappa shape index (κ3) is 7.42. The number of benzene rings is 1. The summed E-state index contributed by atoms with van der Waals surface area (Å²) >= 11 is 4.74. The highest BCUT2D eigenvalue weighted by atomic mass is 32.1. The minimum atomic E-state index is -0.470. The molecule has 1 unspecified atom stereocenters. The maximum atomic E-state index is 11.7. The Hall–Kier alpha value is -1.17. The van der Waals surface area contributed by atoms with Gasteiger partial charge in [0.2, 0.25) is 0 Å². The molecule has 1 aliphatic heterocycles. The average Bonchev–Trinajstić information content (AvgIpc) is 2.90. The Bertz CT molecular complexity index is 937. The molecule has 1 saturated heterocycles. The number of allylic oxidation sites excluding steroid dienone is 1. The zero-order chi connectivity index (χ0) is 27.0. The summed E-state index contributed by atoms with van der Waals surface area (Å²) in [5.41, 5.74) is 1.27. The molecule has 0 bridgehead atoms. The summed E-state index contributed by atoms with van der Waals surface area (Å²) in [6.07, 6.45) is 0.619. The van der Waals surface area contributed by atoms with E-state index in [0.29, 0.717) is 19.7 Å². The zero-order valence-corrected chi connectivity index (χ0v) is 24.7. The monoisotopic (exact) mass is 502 g/mol. The Morgan fingerprint density at radius 1 is 1.09 bits per heavy atom. The molecule has 2 rings (SSSR count). The minimum absolute atomic E-state index is 0.137. The summed E-state index contributed by atoms with van der Waals surface area (Å²) in [5.74, 6) is 2.20. The van der Waals surface area contributed by atoms with Gasteiger partial charge in [-0.2, -0.15) is 12.6 Å². The number of carbonyl (C=O) groups excluding carboxylic acids is 1. The molecule has 8 heteroatoms. The lowest BCUT2D eigenvalue weighted by molar-refractivity contribution is 0.00578. The van der Waals surface area contributed by atoms with E-state index in [2.05, 4.69) is 12.1 Å².